The molecule has 0 bridgehead atoms. The molecule has 0 fully saturated rings. The third-order valence-corrected chi connectivity index (χ3v) is 4.32. The summed E-state index contributed by atoms with van der Waals surface area (Å²) in [5.41, 5.74) is 2.13. The molecule has 0 heterocycles. The average Bonchev–Trinajstić information content (AvgIpc) is 2.72. The molecule has 0 unspecified atom stereocenters. The van der Waals surface area contributed by atoms with Crippen LogP contribution in [0.25, 0.3) is 11.6 Å². The van der Waals surface area contributed by atoms with Crippen LogP contribution < -0.4 is 9.47 Å². The molecule has 3 rings (SSSR count). The molecule has 28 heavy (non-hydrogen) atoms. The molecule has 3 aromatic rings. The second-order valence-electron chi connectivity index (χ2n) is 5.81. The first-order chi connectivity index (χ1) is 13.6. The van der Waals surface area contributed by atoms with Gasteiger partial charge in [-0.1, -0.05) is 48.0 Å². The Hall–Kier alpha value is -3.55. The van der Waals surface area contributed by atoms with Gasteiger partial charge in [0.25, 0.3) is 0 Å². The molecular weight excluding hydrogens is 374 g/mol. The molecule has 0 aliphatic rings. The van der Waals surface area contributed by atoms with Crippen molar-refractivity contribution in [3.63, 3.8) is 0 Å². The second-order valence-corrected chi connectivity index (χ2v) is 6.22. The number of nitriles is 1. The second kappa shape index (κ2) is 8.90. The van der Waals surface area contributed by atoms with Gasteiger partial charge in [-0.05, 0) is 48.0 Å². The van der Waals surface area contributed by atoms with Crippen LogP contribution in [-0.4, -0.2) is 13.1 Å². The van der Waals surface area contributed by atoms with E-state index in [1.807, 2.05) is 24.3 Å². The summed E-state index contributed by atoms with van der Waals surface area (Å²) in [5, 5.41) is 9.91. The van der Waals surface area contributed by atoms with Crippen molar-refractivity contribution in [2.75, 3.05) is 7.11 Å². The number of para-hydroxylation sites is 1. The number of benzene rings is 3. The first-order valence-electron chi connectivity index (χ1n) is 8.44. The normalized spacial score (nSPS) is 10.8. The molecule has 0 saturated carbocycles. The Morgan fingerprint density at radius 3 is 2.43 bits per heavy atom. The summed E-state index contributed by atoms with van der Waals surface area (Å²) in [5.74, 6) is 0.421. The van der Waals surface area contributed by atoms with E-state index < -0.39 is 5.97 Å². The zero-order chi connectivity index (χ0) is 19.9. The van der Waals surface area contributed by atoms with Crippen molar-refractivity contribution in [2.24, 2.45) is 0 Å². The highest BCUT2D eigenvalue weighted by Gasteiger charge is 2.13. The molecule has 5 heteroatoms. The maximum atomic E-state index is 12.3. The highest BCUT2D eigenvalue weighted by molar-refractivity contribution is 6.33. The van der Waals surface area contributed by atoms with Gasteiger partial charge in [0.05, 0.1) is 29.3 Å². The number of allylic oxidation sites excluding steroid dienone is 1. The smallest absolute Gasteiger partial charge is 0.345 e. The van der Waals surface area contributed by atoms with E-state index in [2.05, 4.69) is 6.07 Å². The Balaban J connectivity index is 1.88. The molecule has 3 aromatic carbocycles. The van der Waals surface area contributed by atoms with Crippen molar-refractivity contribution in [1.82, 2.24) is 0 Å². The van der Waals surface area contributed by atoms with Gasteiger partial charge in [-0.3, -0.25) is 0 Å². The lowest BCUT2D eigenvalue weighted by atomic mass is 10.0. The fourth-order valence-electron chi connectivity index (χ4n) is 2.66. The van der Waals surface area contributed by atoms with Crippen LogP contribution in [0.2, 0.25) is 5.02 Å². The van der Waals surface area contributed by atoms with Gasteiger partial charge in [0.1, 0.15) is 11.5 Å². The van der Waals surface area contributed by atoms with Gasteiger partial charge in [-0.2, -0.15) is 5.26 Å². The standard InChI is InChI=1S/C23H16ClNO3/c1-27-22-12-5-3-9-19(22)17(15-25)13-16-7-6-8-18(14-16)28-23(26)20-10-2-4-11-21(20)24/h2-14H,1H3/b17-13-. The van der Waals surface area contributed by atoms with Gasteiger partial charge in [0.2, 0.25) is 0 Å². The molecule has 0 atom stereocenters. The van der Waals surface area contributed by atoms with Crippen LogP contribution >= 0.6 is 11.6 Å². The quantitative estimate of drug-likeness (QED) is 0.245. The van der Waals surface area contributed by atoms with E-state index in [-0.39, 0.29) is 5.56 Å². The first kappa shape index (κ1) is 19.2. The first-order valence-corrected chi connectivity index (χ1v) is 8.82. The molecule has 0 N–H and O–H groups in total. The van der Waals surface area contributed by atoms with Crippen molar-refractivity contribution in [3.05, 3.63) is 94.5 Å². The minimum absolute atomic E-state index is 0.289. The van der Waals surface area contributed by atoms with E-state index in [1.54, 1.807) is 61.7 Å². The summed E-state index contributed by atoms with van der Waals surface area (Å²) < 4.78 is 10.8. The van der Waals surface area contributed by atoms with Crippen LogP contribution in [0.5, 0.6) is 11.5 Å². The number of carbonyl (C=O) groups is 1. The van der Waals surface area contributed by atoms with E-state index in [0.29, 0.717) is 33.2 Å². The molecule has 0 aliphatic heterocycles. The van der Waals surface area contributed by atoms with Gasteiger partial charge in [0, 0.05) is 5.56 Å². The molecule has 0 spiro atoms. The zero-order valence-electron chi connectivity index (χ0n) is 15.1. The molecule has 0 amide bonds. The third kappa shape index (κ3) is 4.40. The Morgan fingerprint density at radius 2 is 1.71 bits per heavy atom. The van der Waals surface area contributed by atoms with Crippen LogP contribution in [-0.2, 0) is 0 Å². The fourth-order valence-corrected chi connectivity index (χ4v) is 2.87. The van der Waals surface area contributed by atoms with Gasteiger partial charge < -0.3 is 9.47 Å². The third-order valence-electron chi connectivity index (χ3n) is 3.99. The Morgan fingerprint density at radius 1 is 1.00 bits per heavy atom. The maximum absolute atomic E-state index is 12.3. The number of halogens is 1. The van der Waals surface area contributed by atoms with Crippen LogP contribution in [0.3, 0.4) is 0 Å². The Labute approximate surface area is 168 Å². The van der Waals surface area contributed by atoms with Crippen molar-refractivity contribution in [3.8, 4) is 17.6 Å². The van der Waals surface area contributed by atoms with Crippen LogP contribution in [0.1, 0.15) is 21.5 Å². The number of esters is 1. The Kier molecular flexibility index (Phi) is 6.11. The highest BCUT2D eigenvalue weighted by atomic mass is 35.5. The van der Waals surface area contributed by atoms with Crippen LogP contribution in [0.15, 0.2) is 72.8 Å². The van der Waals surface area contributed by atoms with Crippen LogP contribution in [0.4, 0.5) is 0 Å². The van der Waals surface area contributed by atoms with Gasteiger partial charge in [0.15, 0.2) is 0 Å². The number of nitrogens with zero attached hydrogens (tertiary/aromatic N) is 1. The molecule has 0 aliphatic carbocycles. The SMILES string of the molecule is COc1ccccc1/C(C#N)=C\c1cccc(OC(=O)c2ccccc2Cl)c1. The fraction of sp³-hybridized carbons (Fsp3) is 0.0435. The molecule has 4 nitrogen and oxygen atoms in total. The summed E-state index contributed by atoms with van der Waals surface area (Å²) in [6.07, 6.45) is 1.71. The monoisotopic (exact) mass is 389 g/mol. The highest BCUT2D eigenvalue weighted by Crippen LogP contribution is 2.28. The van der Waals surface area contributed by atoms with E-state index >= 15 is 0 Å². The van der Waals surface area contributed by atoms with Crippen molar-refractivity contribution < 1.29 is 14.3 Å². The van der Waals surface area contributed by atoms with Gasteiger partial charge >= 0.3 is 5.97 Å². The van der Waals surface area contributed by atoms with Crippen molar-refractivity contribution in [2.45, 2.75) is 0 Å². The molecule has 0 radical (unpaired) electrons. The van der Waals surface area contributed by atoms with E-state index in [0.717, 1.165) is 0 Å². The van der Waals surface area contributed by atoms with Crippen molar-refractivity contribution >= 4 is 29.2 Å². The van der Waals surface area contributed by atoms with Crippen molar-refractivity contribution in [1.29, 1.82) is 5.26 Å². The number of rotatable bonds is 5. The lowest BCUT2D eigenvalue weighted by Crippen LogP contribution is -2.09. The largest absolute Gasteiger partial charge is 0.496 e. The average molecular weight is 390 g/mol. The number of methoxy groups -OCH3 is 1. The summed E-state index contributed by atoms with van der Waals surface area (Å²) in [7, 11) is 1.56. The van der Waals surface area contributed by atoms with E-state index in [9.17, 15) is 10.1 Å². The number of ether oxygens (including phenoxy) is 2. The maximum Gasteiger partial charge on any atom is 0.345 e. The minimum atomic E-state index is -0.544. The predicted molar refractivity (Wildman–Crippen MR) is 109 cm³/mol. The van der Waals surface area contributed by atoms with E-state index in [1.165, 1.54) is 0 Å². The predicted octanol–water partition coefficient (Wildman–Crippen LogP) is 5.63. The summed E-state index contributed by atoms with van der Waals surface area (Å²) >= 11 is 6.04. The molecule has 138 valence electrons. The van der Waals surface area contributed by atoms with Gasteiger partial charge in [-0.25, -0.2) is 4.79 Å². The summed E-state index contributed by atoms with van der Waals surface area (Å²) in [6.45, 7) is 0. The zero-order valence-corrected chi connectivity index (χ0v) is 15.8. The summed E-state index contributed by atoms with van der Waals surface area (Å²) in [6, 6.07) is 23.1. The van der Waals surface area contributed by atoms with Crippen LogP contribution in [0, 0.1) is 11.3 Å². The van der Waals surface area contributed by atoms with E-state index in [4.69, 9.17) is 21.1 Å². The lowest BCUT2D eigenvalue weighted by molar-refractivity contribution is 0.0735. The lowest BCUT2D eigenvalue weighted by Gasteiger charge is -2.08. The molecule has 0 saturated heterocycles. The molecule has 0 aromatic heterocycles. The number of hydrogen-bond donors (Lipinski definition) is 0. The Bertz CT molecular complexity index is 1080. The molecular formula is C23H16ClNO3. The topological polar surface area (TPSA) is 59.3 Å². The number of hydrogen-bond acceptors (Lipinski definition) is 4. The number of carbonyl (C=O) groups excluding carboxylic acids is 1. The van der Waals surface area contributed by atoms with Gasteiger partial charge in [-0.15, -0.1) is 0 Å². The summed E-state index contributed by atoms with van der Waals surface area (Å²) in [4.78, 5) is 12.3. The minimum Gasteiger partial charge on any atom is -0.496 e.